The van der Waals surface area contributed by atoms with E-state index in [-0.39, 0.29) is 130 Å². The fraction of sp³-hybridized carbons (Fsp3) is 0.744. The molecule has 1 aliphatic heterocycles. The first kappa shape index (κ1) is 95.4. The summed E-state index contributed by atoms with van der Waals surface area (Å²) in [6.45, 7) is 8.79. The van der Waals surface area contributed by atoms with Crippen LogP contribution in [0, 0.1) is 29.6 Å². The number of hydrogen-bond acceptors (Lipinski definition) is 18. The normalized spacial score (nSPS) is 16.8. The molecule has 109 heavy (non-hydrogen) atoms. The lowest BCUT2D eigenvalue weighted by atomic mass is 9.78. The number of Topliss-reactive ketones (excluding diaryl/α,β-unsaturated/α-hetero) is 6. The van der Waals surface area contributed by atoms with E-state index in [4.69, 9.17) is 5.11 Å². The molecule has 5 amide bonds. The Morgan fingerprint density at radius 3 is 1.61 bits per heavy atom. The average Bonchev–Trinajstić information content (AvgIpc) is 1.64. The summed E-state index contributed by atoms with van der Waals surface area (Å²) in [5.41, 5.74) is -0.717. The lowest BCUT2D eigenvalue weighted by Crippen LogP contribution is -2.56. The smallest absolute Gasteiger partial charge is 0.326 e. The predicted molar refractivity (Wildman–Crippen MR) is 411 cm³/mol. The minimum atomic E-state index is -1.57. The van der Waals surface area contributed by atoms with Crippen LogP contribution in [0.5, 0.6) is 5.75 Å². The van der Waals surface area contributed by atoms with Gasteiger partial charge in [0.1, 0.15) is 41.0 Å². The highest BCUT2D eigenvalue weighted by atomic mass is 16.4. The molecule has 614 valence electrons. The fourth-order valence-corrected chi connectivity index (χ4v) is 14.6. The lowest BCUT2D eigenvalue weighted by molar-refractivity contribution is -0.145. The fourth-order valence-electron chi connectivity index (χ4n) is 14.6. The third-order valence-corrected chi connectivity index (χ3v) is 21.5. The van der Waals surface area contributed by atoms with Gasteiger partial charge in [0.2, 0.25) is 29.5 Å². The number of carbonyl (C=O) groups is 15. The third-order valence-electron chi connectivity index (χ3n) is 21.5. The number of nitrogens with zero attached hydrogens (tertiary/aromatic N) is 1. The monoisotopic (exact) mass is 1530 g/mol. The number of likely N-dealkylation sites (tertiary alicyclic amines) is 1. The number of rotatable bonds is 64. The quantitative estimate of drug-likeness (QED) is 0.0270. The van der Waals surface area contributed by atoms with Crippen molar-refractivity contribution in [3.8, 4) is 5.75 Å². The van der Waals surface area contributed by atoms with Crippen LogP contribution < -0.4 is 31.9 Å². The largest absolute Gasteiger partial charge is 0.508 e. The van der Waals surface area contributed by atoms with Gasteiger partial charge >= 0.3 is 23.9 Å². The zero-order valence-corrected chi connectivity index (χ0v) is 65.8. The van der Waals surface area contributed by atoms with Crippen molar-refractivity contribution in [1.82, 2.24) is 36.8 Å². The van der Waals surface area contributed by atoms with Gasteiger partial charge in [0.05, 0.1) is 42.5 Å². The second-order valence-corrected chi connectivity index (χ2v) is 31.1. The molecule has 1 saturated carbocycles. The molecule has 0 bridgehead atoms. The second-order valence-electron chi connectivity index (χ2n) is 31.1. The van der Waals surface area contributed by atoms with Crippen molar-refractivity contribution in [3.05, 3.63) is 29.8 Å². The molecule has 27 heteroatoms. The van der Waals surface area contributed by atoms with E-state index in [1.807, 2.05) is 11.8 Å². The first-order valence-corrected chi connectivity index (χ1v) is 40.6. The number of unbranched alkanes of at least 4 members (excludes halogenated alkanes) is 17. The van der Waals surface area contributed by atoms with E-state index in [0.29, 0.717) is 82.9 Å². The Hall–Kier alpha value is -7.81. The number of aromatic hydroxyl groups is 1. The number of nitrogens with one attached hydrogen (secondary N) is 6. The summed E-state index contributed by atoms with van der Waals surface area (Å²) >= 11 is 0. The van der Waals surface area contributed by atoms with Gasteiger partial charge in [-0.1, -0.05) is 122 Å². The van der Waals surface area contributed by atoms with Crippen LogP contribution in [0.15, 0.2) is 24.3 Å². The van der Waals surface area contributed by atoms with Gasteiger partial charge in [-0.2, -0.15) is 0 Å². The molecule has 1 aromatic rings. The molecule has 1 aliphatic carbocycles. The van der Waals surface area contributed by atoms with Crippen LogP contribution in [0.25, 0.3) is 0 Å². The van der Waals surface area contributed by atoms with Crippen LogP contribution in [0.2, 0.25) is 0 Å². The van der Waals surface area contributed by atoms with Gasteiger partial charge in [0.15, 0.2) is 11.6 Å². The van der Waals surface area contributed by atoms with Crippen molar-refractivity contribution in [1.29, 1.82) is 0 Å². The van der Waals surface area contributed by atoms with Gasteiger partial charge in [-0.15, -0.1) is 0 Å². The van der Waals surface area contributed by atoms with Gasteiger partial charge in [0.25, 0.3) is 0 Å². The van der Waals surface area contributed by atoms with Crippen molar-refractivity contribution < 1.29 is 97.5 Å². The molecule has 27 nitrogen and oxygen atoms in total. The number of benzene rings is 1. The maximum atomic E-state index is 14.0. The summed E-state index contributed by atoms with van der Waals surface area (Å²) in [4.78, 5) is 194. The molecule has 2 fully saturated rings. The van der Waals surface area contributed by atoms with E-state index < -0.39 is 126 Å². The number of amides is 5. The Morgan fingerprint density at radius 2 is 1.06 bits per heavy atom. The summed E-state index contributed by atoms with van der Waals surface area (Å²) in [6.07, 6.45) is 23.0. The standard InChI is InChI=1S/C82H131N7O20/c1-6-7-27-60(38-45-73(97)82(4,5)88-78(103)68(86-57(3)91)50-58-34-41-64(92)42-35-58)71(95)54-84-66(72(96)55-89-49-26-29-69(89)56(2)90)28-24-25-48-83-75(99)46-39-62(79(104)105)51-65(93)43-44-67(81(108)109)87-76(100)47-40-63(80(106)107)52-70(94)61-36-32-59(33-37-61)53-85-74(98)30-22-20-18-16-14-12-10-8-9-11-13-15-17-19-21-23-31-77(101)102/h34-35,41-42,59-63,66-69,84,92H,6-33,36-40,43-55H2,1-5H3,(H,83,99)(H,85,98)(H,86,91)(H,87,100)(H,88,103)(H,101,102)(H,104,105)(H,106,107)(H,108,109)/t59?,60-,61?,62-,63-,66+,67+,68-,69+/m1/s1. The number of ketones is 6. The number of carbonyl (C=O) groups excluding carboxylic acids is 11. The van der Waals surface area contributed by atoms with Gasteiger partial charge in [-0.3, -0.25) is 72.0 Å². The maximum absolute atomic E-state index is 14.0. The molecule has 11 N–H and O–H groups in total. The van der Waals surface area contributed by atoms with Gasteiger partial charge in [-0.25, -0.2) is 4.79 Å². The van der Waals surface area contributed by atoms with Crippen molar-refractivity contribution in [2.24, 2.45) is 29.6 Å². The van der Waals surface area contributed by atoms with E-state index in [0.717, 1.165) is 51.4 Å². The predicted octanol–water partition coefficient (Wildman–Crippen LogP) is 10.2. The molecule has 1 aromatic carbocycles. The Kier molecular flexibility index (Phi) is 47.2. The van der Waals surface area contributed by atoms with Crippen molar-refractivity contribution in [3.63, 3.8) is 0 Å². The summed E-state index contributed by atoms with van der Waals surface area (Å²) in [5, 5.41) is 65.0. The molecule has 0 radical (unpaired) electrons. The minimum absolute atomic E-state index is 0.0130. The summed E-state index contributed by atoms with van der Waals surface area (Å²) < 4.78 is 0. The van der Waals surface area contributed by atoms with E-state index in [1.165, 1.54) is 90.2 Å². The van der Waals surface area contributed by atoms with Gasteiger partial charge < -0.3 is 57.4 Å². The molecule has 1 heterocycles. The van der Waals surface area contributed by atoms with E-state index in [9.17, 15) is 92.3 Å². The molecule has 3 rings (SSSR count). The highest BCUT2D eigenvalue weighted by Gasteiger charge is 2.36. The van der Waals surface area contributed by atoms with Crippen LogP contribution in [-0.4, -0.2) is 181 Å². The second kappa shape index (κ2) is 53.9. The molecular formula is C82H131N7O20. The SMILES string of the molecule is CCCC[C@H](CCC(=O)C(C)(C)NC(=O)[C@@H](Cc1ccc(O)cc1)NC(C)=O)C(=O)CN[C@@H](CCCCNC(=O)CC[C@H](CC(=O)CC[C@H](NC(=O)CC[C@H](CC(=O)C1CCC(CNC(=O)CCCCCCCCCCCCCCCCCCC(=O)O)CC1)C(=O)O)C(=O)O)C(=O)O)C(=O)CN1CCC[C@H]1C(C)=O. The first-order valence-electron chi connectivity index (χ1n) is 40.6. The summed E-state index contributed by atoms with van der Waals surface area (Å²) in [7, 11) is 0. The van der Waals surface area contributed by atoms with E-state index in [1.54, 1.807) is 26.0 Å². The number of phenols is 1. The molecule has 0 spiro atoms. The van der Waals surface area contributed by atoms with Gasteiger partial charge in [-0.05, 0) is 154 Å². The van der Waals surface area contributed by atoms with Crippen molar-refractivity contribution in [2.75, 3.05) is 32.7 Å². The molecule has 7 atom stereocenters. The zero-order chi connectivity index (χ0) is 80.7. The van der Waals surface area contributed by atoms with Gasteiger partial charge in [0, 0.05) is 89.6 Å². The Balaban J connectivity index is 1.38. The number of carboxylic acid groups (broad SMARTS) is 4. The van der Waals surface area contributed by atoms with E-state index in [2.05, 4.69) is 31.9 Å². The first-order chi connectivity index (χ1) is 51.9. The molecule has 2 aliphatic rings. The maximum Gasteiger partial charge on any atom is 0.326 e. The molecule has 0 unspecified atom stereocenters. The Bertz CT molecular complexity index is 3060. The Labute approximate surface area is 645 Å². The molecular weight excluding hydrogens is 1400 g/mol. The average molecular weight is 1530 g/mol. The number of carboxylic acids is 4. The van der Waals surface area contributed by atoms with Crippen LogP contribution in [0.4, 0.5) is 0 Å². The minimum Gasteiger partial charge on any atom is -0.508 e. The topological polar surface area (TPSA) is 433 Å². The van der Waals surface area contributed by atoms with Crippen molar-refractivity contribution in [2.45, 2.75) is 328 Å². The summed E-state index contributed by atoms with van der Waals surface area (Å²) in [5.74, 6) is -12.1. The van der Waals surface area contributed by atoms with Crippen molar-refractivity contribution >= 4 is 88.1 Å². The van der Waals surface area contributed by atoms with E-state index >= 15 is 0 Å². The number of phenolic OH excluding ortho intramolecular Hbond substituents is 1. The van der Waals surface area contributed by atoms with Crippen LogP contribution >= 0.6 is 0 Å². The Morgan fingerprint density at radius 1 is 0.514 bits per heavy atom. The van der Waals surface area contributed by atoms with Crippen LogP contribution in [-0.2, 0) is 78.3 Å². The highest BCUT2D eigenvalue weighted by molar-refractivity contribution is 5.96. The van der Waals surface area contributed by atoms with Crippen LogP contribution in [0.3, 0.4) is 0 Å². The zero-order valence-electron chi connectivity index (χ0n) is 65.8. The lowest BCUT2D eigenvalue weighted by Gasteiger charge is -2.29. The highest BCUT2D eigenvalue weighted by Crippen LogP contribution is 2.32. The number of aliphatic carboxylic acids is 4. The molecule has 0 aromatic heterocycles. The number of hydrogen-bond donors (Lipinski definition) is 11. The summed E-state index contributed by atoms with van der Waals surface area (Å²) in [6, 6.07) is 2.33. The third kappa shape index (κ3) is 41.7. The molecule has 1 saturated heterocycles. The van der Waals surface area contributed by atoms with Crippen LogP contribution in [0.1, 0.15) is 297 Å².